The zero-order chi connectivity index (χ0) is 15.2. The molecule has 1 aromatic carbocycles. The maximum atomic E-state index is 14.3. The second kappa shape index (κ2) is 7.82. The molecule has 1 aliphatic rings. The number of nitrogens with zero attached hydrogens (tertiary/aromatic N) is 1. The first-order chi connectivity index (χ1) is 10.1. The zero-order valence-electron chi connectivity index (χ0n) is 13.9. The lowest BCUT2D eigenvalue weighted by atomic mass is 9.77. The average molecular weight is 291 g/mol. The van der Waals surface area contributed by atoms with Crippen molar-refractivity contribution in [3.8, 4) is 0 Å². The van der Waals surface area contributed by atoms with E-state index >= 15 is 0 Å². The van der Waals surface area contributed by atoms with Crippen molar-refractivity contribution < 1.29 is 4.39 Å². The quantitative estimate of drug-likeness (QED) is 0.603. The summed E-state index contributed by atoms with van der Waals surface area (Å²) < 4.78 is 14.3. The van der Waals surface area contributed by atoms with E-state index < -0.39 is 0 Å². The lowest BCUT2D eigenvalue weighted by Gasteiger charge is -2.29. The Morgan fingerprint density at radius 1 is 1.10 bits per heavy atom. The van der Waals surface area contributed by atoms with Crippen molar-refractivity contribution in [2.75, 3.05) is 19.0 Å². The van der Waals surface area contributed by atoms with Crippen LogP contribution in [0.25, 0.3) is 0 Å². The molecule has 1 saturated carbocycles. The summed E-state index contributed by atoms with van der Waals surface area (Å²) in [4.78, 5) is 1.96. The highest BCUT2D eigenvalue weighted by atomic mass is 19.1. The molecular weight excluding hydrogens is 261 g/mol. The maximum Gasteiger partial charge on any atom is 0.128 e. The van der Waals surface area contributed by atoms with E-state index in [2.05, 4.69) is 6.92 Å². The zero-order valence-corrected chi connectivity index (χ0v) is 13.9. The molecule has 118 valence electrons. The molecule has 0 heterocycles. The Bertz CT molecular complexity index is 433. The fraction of sp³-hybridized carbons (Fsp3) is 0.684. The molecular formula is C19H30FN. The van der Waals surface area contributed by atoms with E-state index in [0.29, 0.717) is 5.92 Å². The number of halogens is 1. The summed E-state index contributed by atoms with van der Waals surface area (Å²) in [6.07, 6.45) is 10.3. The van der Waals surface area contributed by atoms with Gasteiger partial charge in [-0.05, 0) is 55.2 Å². The molecule has 0 unspecified atom stereocenters. The molecule has 0 radical (unpaired) electrons. The van der Waals surface area contributed by atoms with Crippen LogP contribution in [0.1, 0.15) is 69.8 Å². The summed E-state index contributed by atoms with van der Waals surface area (Å²) in [6, 6.07) is 5.74. The maximum absolute atomic E-state index is 14.3. The van der Waals surface area contributed by atoms with Gasteiger partial charge in [-0.2, -0.15) is 0 Å². The fourth-order valence-corrected chi connectivity index (χ4v) is 3.57. The second-order valence-corrected chi connectivity index (χ2v) is 6.81. The number of unbranched alkanes of at least 4 members (excludes halogenated alkanes) is 2. The first kappa shape index (κ1) is 16.3. The molecule has 0 aliphatic heterocycles. The lowest BCUT2D eigenvalue weighted by Crippen LogP contribution is -2.15. The first-order valence-electron chi connectivity index (χ1n) is 8.58. The Hall–Kier alpha value is -1.05. The fourth-order valence-electron chi connectivity index (χ4n) is 3.57. The Kier molecular flexibility index (Phi) is 6.08. The van der Waals surface area contributed by atoms with Crippen molar-refractivity contribution >= 4 is 5.69 Å². The molecule has 1 nitrogen and oxygen atoms in total. The van der Waals surface area contributed by atoms with Gasteiger partial charge in [0.2, 0.25) is 0 Å². The van der Waals surface area contributed by atoms with Gasteiger partial charge in [0.1, 0.15) is 5.82 Å². The number of rotatable bonds is 6. The van der Waals surface area contributed by atoms with Gasteiger partial charge >= 0.3 is 0 Å². The van der Waals surface area contributed by atoms with Gasteiger partial charge in [-0.1, -0.05) is 38.7 Å². The highest BCUT2D eigenvalue weighted by Crippen LogP contribution is 2.39. The van der Waals surface area contributed by atoms with Gasteiger partial charge in [-0.25, -0.2) is 4.39 Å². The van der Waals surface area contributed by atoms with Crippen molar-refractivity contribution in [2.45, 2.75) is 64.2 Å². The summed E-state index contributed by atoms with van der Waals surface area (Å²) in [5, 5.41) is 0. The highest BCUT2D eigenvalue weighted by Gasteiger charge is 2.24. The Balaban J connectivity index is 1.90. The van der Waals surface area contributed by atoms with Crippen LogP contribution in [0.5, 0.6) is 0 Å². The van der Waals surface area contributed by atoms with Crippen molar-refractivity contribution in [1.29, 1.82) is 0 Å². The van der Waals surface area contributed by atoms with E-state index in [1.165, 1.54) is 38.5 Å². The smallest absolute Gasteiger partial charge is 0.128 e. The summed E-state index contributed by atoms with van der Waals surface area (Å²) in [5.74, 6) is 1.30. The van der Waals surface area contributed by atoms with E-state index in [4.69, 9.17) is 0 Å². The van der Waals surface area contributed by atoms with Gasteiger partial charge in [-0.3, -0.25) is 0 Å². The Morgan fingerprint density at radius 2 is 1.81 bits per heavy atom. The minimum atomic E-state index is -0.0179. The van der Waals surface area contributed by atoms with Crippen LogP contribution in [0.4, 0.5) is 10.1 Å². The van der Waals surface area contributed by atoms with Crippen LogP contribution in [0.2, 0.25) is 0 Å². The topological polar surface area (TPSA) is 3.24 Å². The number of benzene rings is 1. The minimum absolute atomic E-state index is 0.0179. The lowest BCUT2D eigenvalue weighted by molar-refractivity contribution is 0.299. The van der Waals surface area contributed by atoms with Gasteiger partial charge in [0.15, 0.2) is 0 Å². The minimum Gasteiger partial charge on any atom is -0.378 e. The van der Waals surface area contributed by atoms with Crippen LogP contribution >= 0.6 is 0 Å². The standard InChI is InChI=1S/C19H30FN/c1-4-5-6-7-15-8-10-16(11-9-15)18-13-12-17(21(2)3)14-19(18)20/h12-16H,4-11H2,1-3H3. The molecule has 0 bridgehead atoms. The number of anilines is 1. The third kappa shape index (κ3) is 4.46. The summed E-state index contributed by atoms with van der Waals surface area (Å²) >= 11 is 0. The van der Waals surface area contributed by atoms with Crippen LogP contribution in [-0.2, 0) is 0 Å². The molecule has 0 amide bonds. The second-order valence-electron chi connectivity index (χ2n) is 6.81. The van der Waals surface area contributed by atoms with Crippen molar-refractivity contribution in [1.82, 2.24) is 0 Å². The largest absolute Gasteiger partial charge is 0.378 e. The molecule has 0 N–H and O–H groups in total. The Labute approximate surface area is 129 Å². The van der Waals surface area contributed by atoms with E-state index in [9.17, 15) is 4.39 Å². The van der Waals surface area contributed by atoms with Crippen molar-refractivity contribution in [2.24, 2.45) is 5.92 Å². The van der Waals surface area contributed by atoms with Gasteiger partial charge in [0.05, 0.1) is 0 Å². The molecule has 1 aliphatic carbocycles. The van der Waals surface area contributed by atoms with Crippen LogP contribution in [0.3, 0.4) is 0 Å². The molecule has 1 aromatic rings. The molecule has 21 heavy (non-hydrogen) atoms. The van der Waals surface area contributed by atoms with Gasteiger partial charge in [0, 0.05) is 19.8 Å². The Morgan fingerprint density at radius 3 is 2.38 bits per heavy atom. The van der Waals surface area contributed by atoms with Gasteiger partial charge < -0.3 is 4.90 Å². The molecule has 1 fully saturated rings. The third-order valence-electron chi connectivity index (χ3n) is 5.00. The predicted octanol–water partition coefficient (Wildman–Crippen LogP) is 5.75. The van der Waals surface area contributed by atoms with Crippen LogP contribution in [0.15, 0.2) is 18.2 Å². The monoisotopic (exact) mass is 291 g/mol. The summed E-state index contributed by atoms with van der Waals surface area (Å²) in [7, 11) is 3.91. The van der Waals surface area contributed by atoms with E-state index in [1.807, 2.05) is 31.1 Å². The van der Waals surface area contributed by atoms with Crippen LogP contribution in [0, 0.1) is 11.7 Å². The molecule has 0 spiro atoms. The summed E-state index contributed by atoms with van der Waals surface area (Å²) in [6.45, 7) is 2.26. The van der Waals surface area contributed by atoms with E-state index in [-0.39, 0.29) is 5.82 Å². The van der Waals surface area contributed by atoms with Crippen LogP contribution < -0.4 is 4.90 Å². The molecule has 0 aromatic heterocycles. The van der Waals surface area contributed by atoms with Crippen LogP contribution in [-0.4, -0.2) is 14.1 Å². The number of hydrogen-bond donors (Lipinski definition) is 0. The predicted molar refractivity (Wildman–Crippen MR) is 89.6 cm³/mol. The third-order valence-corrected chi connectivity index (χ3v) is 5.00. The molecule has 2 rings (SSSR count). The molecule has 0 saturated heterocycles. The molecule has 2 heteroatoms. The van der Waals surface area contributed by atoms with Gasteiger partial charge in [0.25, 0.3) is 0 Å². The van der Waals surface area contributed by atoms with Gasteiger partial charge in [-0.15, -0.1) is 0 Å². The van der Waals surface area contributed by atoms with Crippen molar-refractivity contribution in [3.63, 3.8) is 0 Å². The average Bonchev–Trinajstić information content (AvgIpc) is 2.48. The first-order valence-corrected chi connectivity index (χ1v) is 8.58. The number of hydrogen-bond acceptors (Lipinski definition) is 1. The highest BCUT2D eigenvalue weighted by molar-refractivity contribution is 5.47. The van der Waals surface area contributed by atoms with E-state index in [1.54, 1.807) is 6.07 Å². The molecule has 0 atom stereocenters. The summed E-state index contributed by atoms with van der Waals surface area (Å²) in [5.41, 5.74) is 1.89. The van der Waals surface area contributed by atoms with Crippen molar-refractivity contribution in [3.05, 3.63) is 29.6 Å². The van der Waals surface area contributed by atoms with E-state index in [0.717, 1.165) is 30.0 Å². The SMILES string of the molecule is CCCCCC1CCC(c2ccc(N(C)C)cc2F)CC1. The normalized spacial score (nSPS) is 22.3.